The van der Waals surface area contributed by atoms with Crippen molar-refractivity contribution < 1.29 is 9.59 Å². The molecule has 3 aromatic rings. The number of halogens is 1. The summed E-state index contributed by atoms with van der Waals surface area (Å²) >= 11 is 3.51. The zero-order valence-electron chi connectivity index (χ0n) is 16.2. The van der Waals surface area contributed by atoms with Crippen molar-refractivity contribution in [2.75, 3.05) is 5.32 Å². The molecule has 3 rings (SSSR count). The van der Waals surface area contributed by atoms with E-state index in [1.165, 1.54) is 0 Å². The maximum Gasteiger partial charge on any atom is 0.255 e. The third kappa shape index (κ3) is 6.03. The summed E-state index contributed by atoms with van der Waals surface area (Å²) in [7, 11) is 0. The summed E-state index contributed by atoms with van der Waals surface area (Å²) in [6, 6.07) is 24.4. The summed E-state index contributed by atoms with van der Waals surface area (Å²) in [4.78, 5) is 24.7. The van der Waals surface area contributed by atoms with Crippen LogP contribution in [-0.4, -0.2) is 11.8 Å². The van der Waals surface area contributed by atoms with Gasteiger partial charge in [0.1, 0.15) is 0 Å². The zero-order valence-corrected chi connectivity index (χ0v) is 17.8. The third-order valence-electron chi connectivity index (χ3n) is 4.64. The molecule has 0 aliphatic heterocycles. The molecule has 0 aliphatic carbocycles. The molecule has 2 amide bonds. The summed E-state index contributed by atoms with van der Waals surface area (Å²) in [5.74, 6) is -0.167. The lowest BCUT2D eigenvalue weighted by Gasteiger charge is -2.16. The Morgan fingerprint density at radius 1 is 0.931 bits per heavy atom. The number of amides is 2. The molecular formula is C24H23BrN2O2. The molecule has 0 fully saturated rings. The molecule has 0 saturated heterocycles. The Labute approximate surface area is 179 Å². The summed E-state index contributed by atoms with van der Waals surface area (Å²) in [5, 5.41) is 5.93. The lowest BCUT2D eigenvalue weighted by atomic mass is 10.1. The van der Waals surface area contributed by atoms with Crippen LogP contribution in [0, 0.1) is 0 Å². The van der Waals surface area contributed by atoms with Crippen LogP contribution >= 0.6 is 15.9 Å². The number of carbonyl (C=O) groups is 2. The molecule has 1 atom stereocenters. The number of aryl methyl sites for hydroxylation is 1. The highest BCUT2D eigenvalue weighted by atomic mass is 79.9. The molecule has 1 unspecified atom stereocenters. The van der Waals surface area contributed by atoms with Crippen LogP contribution in [0.4, 0.5) is 5.69 Å². The van der Waals surface area contributed by atoms with Gasteiger partial charge in [-0.15, -0.1) is 0 Å². The second-order valence-electron chi connectivity index (χ2n) is 6.83. The molecule has 0 bridgehead atoms. The van der Waals surface area contributed by atoms with E-state index in [1.807, 2.05) is 73.7 Å². The van der Waals surface area contributed by atoms with Gasteiger partial charge in [-0.25, -0.2) is 0 Å². The Kier molecular flexibility index (Phi) is 7.19. The first kappa shape index (κ1) is 20.8. The molecule has 3 aromatic carbocycles. The minimum atomic E-state index is -0.159. The van der Waals surface area contributed by atoms with Gasteiger partial charge >= 0.3 is 0 Å². The predicted molar refractivity (Wildman–Crippen MR) is 120 cm³/mol. The number of carbonyl (C=O) groups excluding carboxylic acids is 2. The molecule has 0 saturated carbocycles. The number of rotatable bonds is 7. The summed E-state index contributed by atoms with van der Waals surface area (Å²) < 4.78 is 1.02. The molecule has 0 aliphatic rings. The molecule has 5 heteroatoms. The maximum absolute atomic E-state index is 12.4. The summed E-state index contributed by atoms with van der Waals surface area (Å²) in [6.45, 7) is 1.94. The normalized spacial score (nSPS) is 11.5. The fraction of sp³-hybridized carbons (Fsp3) is 0.167. The van der Waals surface area contributed by atoms with Crippen LogP contribution in [0.3, 0.4) is 0 Å². The van der Waals surface area contributed by atoms with Gasteiger partial charge in [0.2, 0.25) is 5.91 Å². The fourth-order valence-corrected chi connectivity index (χ4v) is 3.51. The van der Waals surface area contributed by atoms with Gasteiger partial charge in [0, 0.05) is 22.1 Å². The van der Waals surface area contributed by atoms with E-state index in [2.05, 4.69) is 26.6 Å². The van der Waals surface area contributed by atoms with Crippen LogP contribution in [0.5, 0.6) is 0 Å². The van der Waals surface area contributed by atoms with Crippen molar-refractivity contribution in [3.8, 4) is 0 Å². The quantitative estimate of drug-likeness (QED) is 0.498. The molecule has 2 N–H and O–H groups in total. The first-order valence-electron chi connectivity index (χ1n) is 9.52. The van der Waals surface area contributed by atoms with Crippen LogP contribution in [0.25, 0.3) is 0 Å². The van der Waals surface area contributed by atoms with E-state index < -0.39 is 0 Å². The maximum atomic E-state index is 12.4. The number of anilines is 1. The van der Waals surface area contributed by atoms with Crippen LogP contribution in [0.1, 0.15) is 40.9 Å². The topological polar surface area (TPSA) is 58.2 Å². The van der Waals surface area contributed by atoms with E-state index >= 15 is 0 Å². The Morgan fingerprint density at radius 3 is 2.41 bits per heavy atom. The molecule has 4 nitrogen and oxygen atoms in total. The average Bonchev–Trinajstić information content (AvgIpc) is 2.74. The summed E-state index contributed by atoms with van der Waals surface area (Å²) in [5.41, 5.74) is 3.35. The largest absolute Gasteiger partial charge is 0.350 e. The molecule has 0 spiro atoms. The van der Waals surface area contributed by atoms with Crippen LogP contribution in [0.2, 0.25) is 0 Å². The second-order valence-corrected chi connectivity index (χ2v) is 7.68. The second kappa shape index (κ2) is 10.0. The van der Waals surface area contributed by atoms with Gasteiger partial charge in [-0.05, 0) is 54.8 Å². The smallest absolute Gasteiger partial charge is 0.255 e. The van der Waals surface area contributed by atoms with E-state index in [9.17, 15) is 9.59 Å². The van der Waals surface area contributed by atoms with Gasteiger partial charge in [-0.1, -0.05) is 64.5 Å². The van der Waals surface area contributed by atoms with Crippen LogP contribution < -0.4 is 10.6 Å². The lowest BCUT2D eigenvalue weighted by Crippen LogP contribution is -2.27. The van der Waals surface area contributed by atoms with Crippen LogP contribution in [-0.2, 0) is 11.2 Å². The lowest BCUT2D eigenvalue weighted by molar-refractivity contribution is -0.121. The van der Waals surface area contributed by atoms with Gasteiger partial charge < -0.3 is 10.6 Å². The Morgan fingerprint density at radius 2 is 1.66 bits per heavy atom. The van der Waals surface area contributed by atoms with E-state index in [-0.39, 0.29) is 17.9 Å². The Balaban J connectivity index is 1.57. The molecule has 0 aromatic heterocycles. The first-order chi connectivity index (χ1) is 14.0. The Bertz CT molecular complexity index is 989. The third-order valence-corrected chi connectivity index (χ3v) is 5.41. The van der Waals surface area contributed by atoms with Crippen molar-refractivity contribution in [1.29, 1.82) is 0 Å². The van der Waals surface area contributed by atoms with Crippen molar-refractivity contribution in [2.24, 2.45) is 0 Å². The molecule has 148 valence electrons. The van der Waals surface area contributed by atoms with Crippen molar-refractivity contribution in [3.63, 3.8) is 0 Å². The van der Waals surface area contributed by atoms with Gasteiger partial charge in [0.15, 0.2) is 0 Å². The Hall–Kier alpha value is -2.92. The van der Waals surface area contributed by atoms with Crippen LogP contribution in [0.15, 0.2) is 83.3 Å². The van der Waals surface area contributed by atoms with E-state index in [0.717, 1.165) is 15.6 Å². The van der Waals surface area contributed by atoms with Gasteiger partial charge in [0.05, 0.1) is 6.04 Å². The number of hydrogen-bond acceptors (Lipinski definition) is 2. The van der Waals surface area contributed by atoms with Crippen molar-refractivity contribution in [2.45, 2.75) is 25.8 Å². The fourth-order valence-electron chi connectivity index (χ4n) is 3.02. The van der Waals surface area contributed by atoms with E-state index in [4.69, 9.17) is 0 Å². The number of nitrogens with one attached hydrogen (secondary N) is 2. The highest BCUT2D eigenvalue weighted by molar-refractivity contribution is 9.10. The van der Waals surface area contributed by atoms with Gasteiger partial charge in [0.25, 0.3) is 5.91 Å². The molecule has 29 heavy (non-hydrogen) atoms. The first-order valence-corrected chi connectivity index (χ1v) is 10.3. The summed E-state index contributed by atoms with van der Waals surface area (Å²) in [6.07, 6.45) is 1.09. The predicted octanol–water partition coefficient (Wildman–Crippen LogP) is 5.51. The highest BCUT2D eigenvalue weighted by Gasteiger charge is 2.12. The number of hydrogen-bond donors (Lipinski definition) is 2. The van der Waals surface area contributed by atoms with E-state index in [0.29, 0.717) is 24.1 Å². The molecular weight excluding hydrogens is 428 g/mol. The zero-order chi connectivity index (χ0) is 20.6. The molecule has 0 heterocycles. The SMILES string of the molecule is CC(NC(=O)CCc1ccccc1Br)c1cccc(NC(=O)c2ccccc2)c1. The van der Waals surface area contributed by atoms with Crippen molar-refractivity contribution in [3.05, 3.63) is 100 Å². The van der Waals surface area contributed by atoms with Crippen molar-refractivity contribution >= 4 is 33.4 Å². The molecule has 0 radical (unpaired) electrons. The minimum absolute atomic E-state index is 0.00743. The minimum Gasteiger partial charge on any atom is -0.350 e. The van der Waals surface area contributed by atoms with Gasteiger partial charge in [-0.3, -0.25) is 9.59 Å². The van der Waals surface area contributed by atoms with Gasteiger partial charge in [-0.2, -0.15) is 0 Å². The average molecular weight is 451 g/mol. The number of benzene rings is 3. The highest BCUT2D eigenvalue weighted by Crippen LogP contribution is 2.20. The standard InChI is InChI=1S/C24H23BrN2O2/c1-17(26-23(28)15-14-18-8-5-6-13-22(18)25)20-11-7-12-21(16-20)27-24(29)19-9-3-2-4-10-19/h2-13,16-17H,14-15H2,1H3,(H,26,28)(H,27,29). The van der Waals surface area contributed by atoms with Crippen molar-refractivity contribution in [1.82, 2.24) is 5.32 Å². The van der Waals surface area contributed by atoms with E-state index in [1.54, 1.807) is 12.1 Å². The monoisotopic (exact) mass is 450 g/mol.